The van der Waals surface area contributed by atoms with E-state index in [4.69, 9.17) is 0 Å². The van der Waals surface area contributed by atoms with Gasteiger partial charge in [-0.2, -0.15) is 0 Å². The molecule has 0 aliphatic rings. The minimum Gasteiger partial charge on any atom is -0.300 e. The van der Waals surface area contributed by atoms with Crippen LogP contribution in [0.25, 0.3) is 0 Å². The minimum absolute atomic E-state index is 1.10. The molecule has 0 saturated heterocycles. The van der Waals surface area contributed by atoms with Crippen molar-refractivity contribution in [3.05, 3.63) is 10.3 Å². The van der Waals surface area contributed by atoms with E-state index in [9.17, 15) is 0 Å². The summed E-state index contributed by atoms with van der Waals surface area (Å²) >= 11 is 3.92. The Morgan fingerprint density at radius 2 is 1.50 bits per heavy atom. The molecule has 0 spiro atoms. The van der Waals surface area contributed by atoms with Crippen molar-refractivity contribution in [2.45, 2.75) is 27.7 Å². The van der Waals surface area contributed by atoms with Crippen LogP contribution in [0.4, 0.5) is 0 Å². The standard InChI is InChI=1S/C11H23NS2/c1-5-12(6-2)10-9-11(13-7-3)14-8-4/h9H,5-8,10H2,1-4H3. The second-order valence-corrected chi connectivity index (χ2v) is 5.75. The van der Waals surface area contributed by atoms with Gasteiger partial charge in [0.05, 0.1) is 0 Å². The van der Waals surface area contributed by atoms with Gasteiger partial charge >= 0.3 is 0 Å². The molecule has 0 aliphatic carbocycles. The van der Waals surface area contributed by atoms with Gasteiger partial charge in [-0.1, -0.05) is 33.8 Å². The zero-order valence-corrected chi connectivity index (χ0v) is 11.5. The summed E-state index contributed by atoms with van der Waals surface area (Å²) in [6.07, 6.45) is 2.37. The molecule has 0 aromatic rings. The maximum atomic E-state index is 2.44. The first kappa shape index (κ1) is 14.4. The zero-order chi connectivity index (χ0) is 10.8. The third kappa shape index (κ3) is 6.80. The molecule has 0 atom stereocenters. The van der Waals surface area contributed by atoms with E-state index in [1.54, 1.807) is 0 Å². The number of hydrogen-bond acceptors (Lipinski definition) is 3. The molecule has 14 heavy (non-hydrogen) atoms. The molecule has 0 bridgehead atoms. The van der Waals surface area contributed by atoms with E-state index in [0.717, 1.165) is 19.6 Å². The van der Waals surface area contributed by atoms with Crippen LogP contribution in [-0.2, 0) is 0 Å². The highest BCUT2D eigenvalue weighted by molar-refractivity contribution is 8.22. The molecule has 1 nitrogen and oxygen atoms in total. The van der Waals surface area contributed by atoms with E-state index in [1.165, 1.54) is 15.7 Å². The zero-order valence-electron chi connectivity index (χ0n) is 9.88. The Kier molecular flexibility index (Phi) is 10.2. The van der Waals surface area contributed by atoms with Crippen molar-refractivity contribution in [2.24, 2.45) is 0 Å². The fraction of sp³-hybridized carbons (Fsp3) is 0.818. The molecule has 0 heterocycles. The Balaban J connectivity index is 3.98. The normalized spacial score (nSPS) is 10.6. The summed E-state index contributed by atoms with van der Waals surface area (Å²) in [7, 11) is 0. The fourth-order valence-electron chi connectivity index (χ4n) is 1.13. The molecule has 0 N–H and O–H groups in total. The van der Waals surface area contributed by atoms with Crippen molar-refractivity contribution in [1.29, 1.82) is 0 Å². The first-order chi connectivity index (χ1) is 6.78. The highest BCUT2D eigenvalue weighted by Gasteiger charge is 1.99. The van der Waals surface area contributed by atoms with Crippen LogP contribution in [0.5, 0.6) is 0 Å². The van der Waals surface area contributed by atoms with Gasteiger partial charge in [0.25, 0.3) is 0 Å². The second kappa shape index (κ2) is 9.94. The molecular formula is C11H23NS2. The van der Waals surface area contributed by atoms with Gasteiger partial charge in [-0.15, -0.1) is 23.5 Å². The topological polar surface area (TPSA) is 3.24 Å². The van der Waals surface area contributed by atoms with Gasteiger partial charge in [0, 0.05) is 10.8 Å². The molecule has 0 aromatic carbocycles. The quantitative estimate of drug-likeness (QED) is 0.630. The largest absolute Gasteiger partial charge is 0.300 e. The number of thioether (sulfide) groups is 2. The minimum atomic E-state index is 1.10. The first-order valence-electron chi connectivity index (χ1n) is 5.46. The van der Waals surface area contributed by atoms with Gasteiger partial charge in [0.15, 0.2) is 0 Å². The van der Waals surface area contributed by atoms with Gasteiger partial charge in [-0.25, -0.2) is 0 Å². The van der Waals surface area contributed by atoms with E-state index in [0.29, 0.717) is 0 Å². The third-order valence-corrected chi connectivity index (χ3v) is 4.17. The molecule has 0 amide bonds. The summed E-state index contributed by atoms with van der Waals surface area (Å²) in [5, 5.41) is 0. The van der Waals surface area contributed by atoms with E-state index in [1.807, 2.05) is 23.5 Å². The predicted molar refractivity (Wildman–Crippen MR) is 72.1 cm³/mol. The van der Waals surface area contributed by atoms with Crippen LogP contribution < -0.4 is 0 Å². The predicted octanol–water partition coefficient (Wildman–Crippen LogP) is 3.68. The summed E-state index contributed by atoms with van der Waals surface area (Å²) < 4.78 is 1.49. The first-order valence-corrected chi connectivity index (χ1v) is 7.43. The van der Waals surface area contributed by atoms with Crippen LogP contribution in [0.3, 0.4) is 0 Å². The van der Waals surface area contributed by atoms with Crippen molar-refractivity contribution in [2.75, 3.05) is 31.1 Å². The van der Waals surface area contributed by atoms with E-state index in [2.05, 4.69) is 38.7 Å². The monoisotopic (exact) mass is 233 g/mol. The number of likely N-dealkylation sites (N-methyl/N-ethyl adjacent to an activating group) is 1. The summed E-state index contributed by atoms with van der Waals surface area (Å²) in [5.74, 6) is 2.36. The SMILES string of the molecule is CCSC(=CCN(CC)CC)SCC. The molecule has 0 rings (SSSR count). The Morgan fingerprint density at radius 3 is 1.86 bits per heavy atom. The fourth-order valence-corrected chi connectivity index (χ4v) is 3.12. The van der Waals surface area contributed by atoms with Gasteiger partial charge in [0.1, 0.15) is 0 Å². The maximum Gasteiger partial charge on any atom is 0.0373 e. The lowest BCUT2D eigenvalue weighted by Crippen LogP contribution is -2.22. The number of hydrogen-bond donors (Lipinski definition) is 0. The Morgan fingerprint density at radius 1 is 1.00 bits per heavy atom. The van der Waals surface area contributed by atoms with Gasteiger partial charge in [-0.3, -0.25) is 0 Å². The molecular weight excluding hydrogens is 210 g/mol. The molecule has 3 heteroatoms. The highest BCUT2D eigenvalue weighted by atomic mass is 32.2. The van der Waals surface area contributed by atoms with E-state index >= 15 is 0 Å². The van der Waals surface area contributed by atoms with Gasteiger partial charge < -0.3 is 4.90 Å². The Labute approximate surface area is 97.7 Å². The molecule has 0 aliphatic heterocycles. The summed E-state index contributed by atoms with van der Waals surface area (Å²) in [5.41, 5.74) is 0. The average Bonchev–Trinajstić information content (AvgIpc) is 2.20. The van der Waals surface area contributed by atoms with Crippen molar-refractivity contribution < 1.29 is 0 Å². The Bertz CT molecular complexity index is 145. The average molecular weight is 233 g/mol. The van der Waals surface area contributed by atoms with Crippen molar-refractivity contribution >= 4 is 23.5 Å². The number of rotatable bonds is 8. The van der Waals surface area contributed by atoms with Gasteiger partial charge in [0.2, 0.25) is 0 Å². The maximum absolute atomic E-state index is 2.44. The molecule has 0 fully saturated rings. The number of nitrogens with zero attached hydrogens (tertiary/aromatic N) is 1. The molecule has 0 radical (unpaired) electrons. The van der Waals surface area contributed by atoms with Crippen molar-refractivity contribution in [3.8, 4) is 0 Å². The molecule has 0 saturated carbocycles. The molecule has 0 aromatic heterocycles. The summed E-state index contributed by atoms with van der Waals surface area (Å²) in [6, 6.07) is 0. The lowest BCUT2D eigenvalue weighted by atomic mass is 10.5. The second-order valence-electron chi connectivity index (χ2n) is 2.88. The van der Waals surface area contributed by atoms with Crippen LogP contribution >= 0.6 is 23.5 Å². The van der Waals surface area contributed by atoms with Crippen LogP contribution in [0.15, 0.2) is 10.3 Å². The van der Waals surface area contributed by atoms with Crippen LogP contribution in [0.1, 0.15) is 27.7 Å². The van der Waals surface area contributed by atoms with E-state index in [-0.39, 0.29) is 0 Å². The lowest BCUT2D eigenvalue weighted by molar-refractivity contribution is 0.337. The van der Waals surface area contributed by atoms with E-state index < -0.39 is 0 Å². The highest BCUT2D eigenvalue weighted by Crippen LogP contribution is 2.27. The molecule has 0 unspecified atom stereocenters. The molecule has 84 valence electrons. The van der Waals surface area contributed by atoms with Crippen LogP contribution in [0.2, 0.25) is 0 Å². The third-order valence-electron chi connectivity index (χ3n) is 1.98. The lowest BCUT2D eigenvalue weighted by Gasteiger charge is -2.16. The van der Waals surface area contributed by atoms with Gasteiger partial charge in [-0.05, 0) is 24.6 Å². The van der Waals surface area contributed by atoms with Crippen molar-refractivity contribution in [3.63, 3.8) is 0 Å². The van der Waals surface area contributed by atoms with Crippen LogP contribution in [-0.4, -0.2) is 36.0 Å². The summed E-state index contributed by atoms with van der Waals surface area (Å²) in [4.78, 5) is 2.44. The Hall–Kier alpha value is 0.400. The van der Waals surface area contributed by atoms with Crippen LogP contribution in [0, 0.1) is 0 Å². The summed E-state index contributed by atoms with van der Waals surface area (Å²) in [6.45, 7) is 12.3. The van der Waals surface area contributed by atoms with Crippen molar-refractivity contribution in [1.82, 2.24) is 4.90 Å². The smallest absolute Gasteiger partial charge is 0.0373 e.